The summed E-state index contributed by atoms with van der Waals surface area (Å²) in [4.78, 5) is 23.1. The van der Waals surface area contributed by atoms with Gasteiger partial charge in [0.05, 0.1) is 11.3 Å². The van der Waals surface area contributed by atoms with Crippen molar-refractivity contribution in [2.75, 3.05) is 5.32 Å². The highest BCUT2D eigenvalue weighted by atomic mass is 35.5. The fourth-order valence-corrected chi connectivity index (χ4v) is 1.99. The summed E-state index contributed by atoms with van der Waals surface area (Å²) in [5.41, 5.74) is 0.434. The number of carboxylic acids is 1. The molecule has 1 amide bonds. The van der Waals surface area contributed by atoms with Gasteiger partial charge in [-0.15, -0.1) is 0 Å². The van der Waals surface area contributed by atoms with Crippen LogP contribution in [0.15, 0.2) is 42.5 Å². The number of carboxylic acid groups (broad SMARTS) is 1. The Balaban J connectivity index is 2.30. The Labute approximate surface area is 124 Å². The predicted molar refractivity (Wildman–Crippen MR) is 77.8 cm³/mol. The zero-order chi connectivity index (χ0) is 14.7. The minimum absolute atomic E-state index is 0.0760. The molecule has 2 N–H and O–H groups in total. The third-order valence-corrected chi connectivity index (χ3v) is 3.02. The number of halogens is 2. The van der Waals surface area contributed by atoms with Gasteiger partial charge in [0.15, 0.2) is 0 Å². The maximum absolute atomic E-state index is 12.0. The fourth-order valence-electron chi connectivity index (χ4n) is 1.63. The second-order valence-electron chi connectivity index (χ2n) is 3.96. The van der Waals surface area contributed by atoms with Gasteiger partial charge in [-0.2, -0.15) is 0 Å². The number of benzene rings is 2. The van der Waals surface area contributed by atoms with Crippen molar-refractivity contribution in [1.82, 2.24) is 0 Å². The highest BCUT2D eigenvalue weighted by molar-refractivity contribution is 6.31. The average molecular weight is 310 g/mol. The molecule has 2 aromatic rings. The minimum Gasteiger partial charge on any atom is -0.478 e. The van der Waals surface area contributed by atoms with E-state index in [1.54, 1.807) is 18.2 Å². The molecule has 0 aromatic heterocycles. The monoisotopic (exact) mass is 309 g/mol. The van der Waals surface area contributed by atoms with E-state index in [1.165, 1.54) is 24.3 Å². The second-order valence-corrected chi connectivity index (χ2v) is 4.83. The number of carbonyl (C=O) groups is 2. The van der Waals surface area contributed by atoms with Crippen LogP contribution in [-0.4, -0.2) is 17.0 Å². The first kappa shape index (κ1) is 14.4. The van der Waals surface area contributed by atoms with Crippen molar-refractivity contribution in [2.45, 2.75) is 0 Å². The first-order chi connectivity index (χ1) is 9.47. The lowest BCUT2D eigenvalue weighted by atomic mass is 10.1. The van der Waals surface area contributed by atoms with Crippen LogP contribution in [0, 0.1) is 0 Å². The van der Waals surface area contributed by atoms with E-state index in [-0.39, 0.29) is 16.3 Å². The molecule has 6 heteroatoms. The summed E-state index contributed by atoms with van der Waals surface area (Å²) in [7, 11) is 0. The second kappa shape index (κ2) is 5.94. The predicted octanol–water partition coefficient (Wildman–Crippen LogP) is 3.94. The van der Waals surface area contributed by atoms with E-state index >= 15 is 0 Å². The zero-order valence-corrected chi connectivity index (χ0v) is 11.6. The van der Waals surface area contributed by atoms with Crippen LogP contribution in [0.3, 0.4) is 0 Å². The summed E-state index contributed by atoms with van der Waals surface area (Å²) in [6, 6.07) is 10.6. The summed E-state index contributed by atoms with van der Waals surface area (Å²) in [5.74, 6) is -1.62. The Hall–Kier alpha value is -2.04. The lowest BCUT2D eigenvalue weighted by Gasteiger charge is -2.09. The van der Waals surface area contributed by atoms with Gasteiger partial charge in [-0.3, -0.25) is 4.79 Å². The SMILES string of the molecule is O=C(Nc1ccc(Cl)cc1C(=O)O)c1cccc(Cl)c1. The normalized spacial score (nSPS) is 10.1. The first-order valence-corrected chi connectivity index (χ1v) is 6.33. The van der Waals surface area contributed by atoms with Gasteiger partial charge >= 0.3 is 5.97 Å². The van der Waals surface area contributed by atoms with Gasteiger partial charge in [-0.1, -0.05) is 29.3 Å². The maximum Gasteiger partial charge on any atom is 0.337 e. The number of anilines is 1. The van der Waals surface area contributed by atoms with Crippen molar-refractivity contribution in [2.24, 2.45) is 0 Å². The van der Waals surface area contributed by atoms with Gasteiger partial charge < -0.3 is 10.4 Å². The summed E-state index contributed by atoms with van der Waals surface area (Å²) in [5, 5.41) is 12.3. The van der Waals surface area contributed by atoms with E-state index in [9.17, 15) is 9.59 Å². The molecule has 2 aromatic carbocycles. The number of aromatic carboxylic acids is 1. The molecule has 2 rings (SSSR count). The fraction of sp³-hybridized carbons (Fsp3) is 0. The molecule has 4 nitrogen and oxygen atoms in total. The van der Waals surface area contributed by atoms with E-state index in [2.05, 4.69) is 5.32 Å². The molecule has 0 bridgehead atoms. The van der Waals surface area contributed by atoms with Crippen molar-refractivity contribution in [3.8, 4) is 0 Å². The molecule has 0 spiro atoms. The topological polar surface area (TPSA) is 66.4 Å². The molecule has 0 aliphatic carbocycles. The molecule has 0 unspecified atom stereocenters. The van der Waals surface area contributed by atoms with Crippen molar-refractivity contribution in [1.29, 1.82) is 0 Å². The number of amides is 1. The van der Waals surface area contributed by atoms with Crippen molar-refractivity contribution in [3.63, 3.8) is 0 Å². The third-order valence-electron chi connectivity index (χ3n) is 2.55. The Bertz CT molecular complexity index is 686. The number of rotatable bonds is 3. The Morgan fingerprint density at radius 2 is 1.70 bits per heavy atom. The van der Waals surface area contributed by atoms with E-state index in [0.717, 1.165) is 0 Å². The number of nitrogens with one attached hydrogen (secondary N) is 1. The van der Waals surface area contributed by atoms with Crippen LogP contribution in [0.4, 0.5) is 5.69 Å². The van der Waals surface area contributed by atoms with Crippen LogP contribution in [0.25, 0.3) is 0 Å². The molecule has 0 fully saturated rings. The Morgan fingerprint density at radius 1 is 1.00 bits per heavy atom. The van der Waals surface area contributed by atoms with Crippen molar-refractivity contribution in [3.05, 3.63) is 63.6 Å². The van der Waals surface area contributed by atoms with Gasteiger partial charge in [0.2, 0.25) is 0 Å². The lowest BCUT2D eigenvalue weighted by molar-refractivity contribution is 0.0698. The highest BCUT2D eigenvalue weighted by Gasteiger charge is 2.14. The van der Waals surface area contributed by atoms with Crippen LogP contribution < -0.4 is 5.32 Å². The number of hydrogen-bond acceptors (Lipinski definition) is 2. The molecule has 0 aliphatic heterocycles. The third kappa shape index (κ3) is 3.29. The standard InChI is InChI=1S/C14H9Cl2NO3/c15-9-3-1-2-8(6-9)13(18)17-12-5-4-10(16)7-11(12)14(19)20/h1-7H,(H,17,18)(H,19,20). The summed E-state index contributed by atoms with van der Waals surface area (Å²) < 4.78 is 0. The molecule has 0 heterocycles. The first-order valence-electron chi connectivity index (χ1n) is 5.57. The smallest absolute Gasteiger partial charge is 0.337 e. The molecule has 0 radical (unpaired) electrons. The Morgan fingerprint density at radius 3 is 2.35 bits per heavy atom. The highest BCUT2D eigenvalue weighted by Crippen LogP contribution is 2.22. The van der Waals surface area contributed by atoms with Crippen LogP contribution in [0.2, 0.25) is 10.0 Å². The van der Waals surface area contributed by atoms with Crippen molar-refractivity contribution < 1.29 is 14.7 Å². The quantitative estimate of drug-likeness (QED) is 0.902. The maximum atomic E-state index is 12.0. The molecular formula is C14H9Cl2NO3. The summed E-state index contributed by atoms with van der Waals surface area (Å²) >= 11 is 11.5. The van der Waals surface area contributed by atoms with E-state index in [1.807, 2.05) is 0 Å². The zero-order valence-electron chi connectivity index (χ0n) is 10.1. The van der Waals surface area contributed by atoms with E-state index < -0.39 is 11.9 Å². The van der Waals surface area contributed by atoms with Gasteiger partial charge in [0, 0.05) is 15.6 Å². The molecule has 0 atom stereocenters. The largest absolute Gasteiger partial charge is 0.478 e. The van der Waals surface area contributed by atoms with Gasteiger partial charge in [0.1, 0.15) is 0 Å². The van der Waals surface area contributed by atoms with Crippen LogP contribution >= 0.6 is 23.2 Å². The van der Waals surface area contributed by atoms with Gasteiger partial charge in [-0.05, 0) is 36.4 Å². The molecule has 102 valence electrons. The van der Waals surface area contributed by atoms with Crippen LogP contribution in [0.5, 0.6) is 0 Å². The van der Waals surface area contributed by atoms with Crippen LogP contribution in [0.1, 0.15) is 20.7 Å². The molecule has 0 saturated carbocycles. The minimum atomic E-state index is -1.17. The van der Waals surface area contributed by atoms with Gasteiger partial charge in [0.25, 0.3) is 5.91 Å². The number of carbonyl (C=O) groups excluding carboxylic acids is 1. The Kier molecular flexibility index (Phi) is 4.27. The average Bonchev–Trinajstić information content (AvgIpc) is 2.40. The molecule has 0 aliphatic rings. The van der Waals surface area contributed by atoms with Crippen molar-refractivity contribution >= 4 is 40.8 Å². The lowest BCUT2D eigenvalue weighted by Crippen LogP contribution is -2.14. The molecular weight excluding hydrogens is 301 g/mol. The van der Waals surface area contributed by atoms with Gasteiger partial charge in [-0.25, -0.2) is 4.79 Å². The molecule has 0 saturated heterocycles. The summed E-state index contributed by atoms with van der Waals surface area (Å²) in [6.07, 6.45) is 0. The van der Waals surface area contributed by atoms with E-state index in [4.69, 9.17) is 28.3 Å². The number of hydrogen-bond donors (Lipinski definition) is 2. The van der Waals surface area contributed by atoms with Crippen LogP contribution in [-0.2, 0) is 0 Å². The molecule has 20 heavy (non-hydrogen) atoms. The summed E-state index contributed by atoms with van der Waals surface area (Å²) in [6.45, 7) is 0. The van der Waals surface area contributed by atoms with E-state index in [0.29, 0.717) is 10.6 Å².